The zero-order valence-electron chi connectivity index (χ0n) is 9.00. The van der Waals surface area contributed by atoms with E-state index >= 15 is 0 Å². The first-order valence-electron chi connectivity index (χ1n) is 4.81. The van der Waals surface area contributed by atoms with Crippen molar-refractivity contribution in [2.24, 2.45) is 5.14 Å². The van der Waals surface area contributed by atoms with Gasteiger partial charge in [-0.3, -0.25) is 0 Å². The van der Waals surface area contributed by atoms with Crippen molar-refractivity contribution in [3.05, 3.63) is 39.5 Å². The Kier molecular flexibility index (Phi) is 3.06. The Morgan fingerprint density at radius 3 is 2.78 bits per heavy atom. The molecule has 0 fully saturated rings. The number of thiazole rings is 1. The van der Waals surface area contributed by atoms with E-state index in [9.17, 15) is 18.1 Å². The molecule has 0 saturated heterocycles. The number of nitrogens with two attached hydrogens (primary N) is 1. The van der Waals surface area contributed by atoms with Gasteiger partial charge in [-0.1, -0.05) is 0 Å². The van der Waals surface area contributed by atoms with E-state index in [-0.39, 0.29) is 16.3 Å². The lowest BCUT2D eigenvalue weighted by molar-refractivity contribution is 0.466. The summed E-state index contributed by atoms with van der Waals surface area (Å²) in [5.74, 6) is -0.729. The zero-order valence-corrected chi connectivity index (χ0v) is 10.6. The van der Waals surface area contributed by atoms with Gasteiger partial charge in [0.05, 0.1) is 11.0 Å². The van der Waals surface area contributed by atoms with Crippen molar-refractivity contribution < 1.29 is 12.8 Å². The van der Waals surface area contributed by atoms with Gasteiger partial charge in [0.1, 0.15) is 10.8 Å². The Bertz CT molecular complexity index is 670. The van der Waals surface area contributed by atoms with Crippen LogP contribution in [0.15, 0.2) is 34.5 Å². The van der Waals surface area contributed by atoms with Crippen LogP contribution in [0.5, 0.6) is 0 Å². The van der Waals surface area contributed by atoms with Crippen LogP contribution in [0, 0.1) is 11.3 Å². The molecular formula is C10H8FN3O2S2. The standard InChI is InChI=1S/C10H8FN3O2S2/c11-8-2-1-7(18(13,15)16)5-10(8,6-12)9-14-3-4-17-9/h1-4H,5H2,(H2,13,15,16). The van der Waals surface area contributed by atoms with E-state index in [0.717, 1.165) is 23.5 Å². The molecule has 94 valence electrons. The number of primary sulfonamides is 1. The molecule has 0 amide bonds. The second kappa shape index (κ2) is 4.28. The Morgan fingerprint density at radius 1 is 1.56 bits per heavy atom. The number of rotatable bonds is 2. The van der Waals surface area contributed by atoms with Crippen LogP contribution in [-0.2, 0) is 15.4 Å². The number of allylic oxidation sites excluding steroid dienone is 4. The third kappa shape index (κ3) is 1.96. The van der Waals surface area contributed by atoms with Gasteiger partial charge in [0.25, 0.3) is 0 Å². The van der Waals surface area contributed by atoms with Gasteiger partial charge in [0, 0.05) is 18.0 Å². The van der Waals surface area contributed by atoms with Crippen LogP contribution < -0.4 is 5.14 Å². The smallest absolute Gasteiger partial charge is 0.234 e. The number of halogens is 1. The molecular weight excluding hydrogens is 277 g/mol. The van der Waals surface area contributed by atoms with Crippen LogP contribution in [0.25, 0.3) is 0 Å². The Hall–Kier alpha value is -1.56. The van der Waals surface area contributed by atoms with E-state index in [4.69, 9.17) is 5.14 Å². The molecule has 0 saturated carbocycles. The Balaban J connectivity index is 2.58. The number of nitriles is 1. The molecule has 2 N–H and O–H groups in total. The lowest BCUT2D eigenvalue weighted by Crippen LogP contribution is -2.31. The molecule has 1 heterocycles. The first-order valence-corrected chi connectivity index (χ1v) is 7.23. The monoisotopic (exact) mass is 285 g/mol. The van der Waals surface area contributed by atoms with Crippen molar-refractivity contribution in [2.75, 3.05) is 0 Å². The molecule has 18 heavy (non-hydrogen) atoms. The maximum absolute atomic E-state index is 14.0. The third-order valence-electron chi connectivity index (χ3n) is 2.62. The van der Waals surface area contributed by atoms with Gasteiger partial charge in [0.15, 0.2) is 5.41 Å². The Labute approximate surface area is 107 Å². The zero-order chi connectivity index (χ0) is 13.4. The summed E-state index contributed by atoms with van der Waals surface area (Å²) >= 11 is 1.09. The van der Waals surface area contributed by atoms with Crippen molar-refractivity contribution in [3.8, 4) is 6.07 Å². The minimum absolute atomic E-state index is 0.180. The van der Waals surface area contributed by atoms with Crippen LogP contribution in [0.3, 0.4) is 0 Å². The van der Waals surface area contributed by atoms with E-state index < -0.39 is 21.3 Å². The molecule has 1 aromatic heterocycles. The maximum Gasteiger partial charge on any atom is 0.234 e. The summed E-state index contributed by atoms with van der Waals surface area (Å²) in [6.45, 7) is 0. The van der Waals surface area contributed by atoms with Crippen molar-refractivity contribution in [1.82, 2.24) is 4.98 Å². The molecule has 0 spiro atoms. The van der Waals surface area contributed by atoms with Crippen LogP contribution >= 0.6 is 11.3 Å². The first kappa shape index (κ1) is 12.9. The number of hydrogen-bond acceptors (Lipinski definition) is 5. The molecule has 1 atom stereocenters. The minimum Gasteiger partial charge on any atom is -0.248 e. The lowest BCUT2D eigenvalue weighted by atomic mass is 9.82. The lowest BCUT2D eigenvalue weighted by Gasteiger charge is -2.25. The first-order chi connectivity index (χ1) is 8.40. The minimum atomic E-state index is -3.95. The highest BCUT2D eigenvalue weighted by molar-refractivity contribution is 7.93. The van der Waals surface area contributed by atoms with Gasteiger partial charge in [0.2, 0.25) is 10.0 Å². The van der Waals surface area contributed by atoms with Crippen LogP contribution in [-0.4, -0.2) is 13.4 Å². The highest BCUT2D eigenvalue weighted by Gasteiger charge is 2.44. The SMILES string of the molecule is N#CC1(c2nccs2)CC(S(N)(=O)=O)=CC=C1F. The predicted molar refractivity (Wildman–Crippen MR) is 64.4 cm³/mol. The molecule has 5 nitrogen and oxygen atoms in total. The molecule has 0 aliphatic heterocycles. The molecule has 1 aliphatic rings. The highest BCUT2D eigenvalue weighted by Crippen LogP contribution is 2.42. The molecule has 2 rings (SSSR count). The predicted octanol–water partition coefficient (Wildman–Crippen LogP) is 1.33. The second-order valence-electron chi connectivity index (χ2n) is 3.72. The highest BCUT2D eigenvalue weighted by atomic mass is 32.2. The fourth-order valence-corrected chi connectivity index (χ4v) is 3.13. The van der Waals surface area contributed by atoms with E-state index in [0.29, 0.717) is 0 Å². The Morgan fingerprint density at radius 2 is 2.28 bits per heavy atom. The average molecular weight is 285 g/mol. The number of aromatic nitrogens is 1. The summed E-state index contributed by atoms with van der Waals surface area (Å²) in [7, 11) is -3.95. The van der Waals surface area contributed by atoms with Gasteiger partial charge in [-0.2, -0.15) is 5.26 Å². The number of nitrogens with zero attached hydrogens (tertiary/aromatic N) is 2. The summed E-state index contributed by atoms with van der Waals surface area (Å²) in [5, 5.41) is 16.1. The van der Waals surface area contributed by atoms with E-state index in [1.54, 1.807) is 5.38 Å². The normalized spacial score (nSPS) is 24.1. The largest absolute Gasteiger partial charge is 0.248 e. The fraction of sp³-hybridized carbons (Fsp3) is 0.200. The number of hydrogen-bond donors (Lipinski definition) is 1. The molecule has 0 bridgehead atoms. The molecule has 8 heteroatoms. The van der Waals surface area contributed by atoms with E-state index in [1.807, 2.05) is 6.07 Å². The maximum atomic E-state index is 14.0. The van der Waals surface area contributed by atoms with Crippen LogP contribution in [0.1, 0.15) is 11.4 Å². The summed E-state index contributed by atoms with van der Waals surface area (Å²) in [4.78, 5) is 3.72. The second-order valence-corrected chi connectivity index (χ2v) is 6.23. The number of sulfonamides is 1. The molecule has 1 unspecified atom stereocenters. The van der Waals surface area contributed by atoms with Gasteiger partial charge in [-0.25, -0.2) is 22.9 Å². The summed E-state index contributed by atoms with van der Waals surface area (Å²) in [6.07, 6.45) is 3.13. The van der Waals surface area contributed by atoms with Gasteiger partial charge in [-0.15, -0.1) is 11.3 Å². The molecule has 0 radical (unpaired) electrons. The molecule has 1 aliphatic carbocycles. The summed E-state index contributed by atoms with van der Waals surface area (Å²) in [5.41, 5.74) is -1.69. The topological polar surface area (TPSA) is 96.8 Å². The van der Waals surface area contributed by atoms with Gasteiger partial charge >= 0.3 is 0 Å². The molecule has 1 aromatic rings. The van der Waals surface area contributed by atoms with E-state index in [2.05, 4.69) is 4.98 Å². The van der Waals surface area contributed by atoms with Crippen molar-refractivity contribution >= 4 is 21.4 Å². The summed E-state index contributed by atoms with van der Waals surface area (Å²) in [6, 6.07) is 1.82. The van der Waals surface area contributed by atoms with Gasteiger partial charge in [-0.05, 0) is 12.2 Å². The van der Waals surface area contributed by atoms with Crippen molar-refractivity contribution in [2.45, 2.75) is 11.8 Å². The van der Waals surface area contributed by atoms with Gasteiger partial charge < -0.3 is 0 Å². The quantitative estimate of drug-likeness (QED) is 0.886. The van der Waals surface area contributed by atoms with Crippen LogP contribution in [0.4, 0.5) is 4.39 Å². The third-order valence-corrected chi connectivity index (χ3v) is 4.56. The van der Waals surface area contributed by atoms with Crippen LogP contribution in [0.2, 0.25) is 0 Å². The average Bonchev–Trinajstić information content (AvgIpc) is 2.82. The fourth-order valence-electron chi connectivity index (χ4n) is 1.66. The van der Waals surface area contributed by atoms with E-state index in [1.165, 1.54) is 6.20 Å². The van der Waals surface area contributed by atoms with Crippen molar-refractivity contribution in [3.63, 3.8) is 0 Å². The summed E-state index contributed by atoms with van der Waals surface area (Å²) < 4.78 is 36.5. The molecule has 0 aromatic carbocycles. The van der Waals surface area contributed by atoms with Crippen molar-refractivity contribution in [1.29, 1.82) is 5.26 Å².